The molecule has 9 heteroatoms. The number of benzene rings is 2. The van der Waals surface area contributed by atoms with Crippen LogP contribution in [-0.4, -0.2) is 68.7 Å². The third-order valence-electron chi connectivity index (χ3n) is 5.43. The monoisotopic (exact) mass is 418 g/mol. The summed E-state index contributed by atoms with van der Waals surface area (Å²) in [7, 11) is -3.73. The first kappa shape index (κ1) is 19.7. The Labute approximate surface area is 168 Å². The van der Waals surface area contributed by atoms with Crippen LogP contribution < -0.4 is 4.90 Å². The van der Waals surface area contributed by atoms with Crippen LogP contribution in [0.4, 0.5) is 4.39 Å². The van der Waals surface area contributed by atoms with Gasteiger partial charge in [0.1, 0.15) is 5.82 Å². The van der Waals surface area contributed by atoms with Crippen LogP contribution in [0.15, 0.2) is 53.4 Å². The molecule has 2 aromatic carbocycles. The third kappa shape index (κ3) is 3.68. The summed E-state index contributed by atoms with van der Waals surface area (Å²) in [6, 6.07) is 11.8. The van der Waals surface area contributed by atoms with E-state index in [0.717, 1.165) is 11.0 Å². The van der Waals surface area contributed by atoms with E-state index in [4.69, 9.17) is 0 Å². The number of imide groups is 1. The zero-order chi connectivity index (χ0) is 20.6. The minimum Gasteiger partial charge on any atom is -0.331 e. The van der Waals surface area contributed by atoms with Crippen molar-refractivity contribution in [1.29, 1.82) is 0 Å². The largest absolute Gasteiger partial charge is 0.331 e. The zero-order valence-electron chi connectivity index (χ0n) is 15.7. The van der Waals surface area contributed by atoms with E-state index in [1.807, 2.05) is 0 Å². The second kappa shape index (κ2) is 7.66. The molecular weight excluding hydrogens is 397 g/mol. The van der Waals surface area contributed by atoms with Crippen molar-refractivity contribution < 1.29 is 27.3 Å². The number of hydrogen-bond donors (Lipinski definition) is 1. The molecule has 2 heterocycles. The van der Waals surface area contributed by atoms with Gasteiger partial charge in [-0.2, -0.15) is 4.31 Å². The molecule has 1 fully saturated rings. The van der Waals surface area contributed by atoms with Crippen molar-refractivity contribution in [1.82, 2.24) is 9.21 Å². The predicted molar refractivity (Wildman–Crippen MR) is 103 cm³/mol. The highest BCUT2D eigenvalue weighted by Crippen LogP contribution is 2.21. The van der Waals surface area contributed by atoms with Crippen LogP contribution in [0.1, 0.15) is 20.7 Å². The number of nitrogens with one attached hydrogen (secondary N) is 1. The van der Waals surface area contributed by atoms with Gasteiger partial charge in [-0.1, -0.05) is 18.2 Å². The molecule has 0 atom stereocenters. The molecule has 2 aromatic rings. The summed E-state index contributed by atoms with van der Waals surface area (Å²) in [5.41, 5.74) is 0.858. The maximum absolute atomic E-state index is 13.4. The summed E-state index contributed by atoms with van der Waals surface area (Å²) in [5.74, 6) is -1.15. The van der Waals surface area contributed by atoms with E-state index in [1.54, 1.807) is 24.3 Å². The minimum atomic E-state index is -3.73. The van der Waals surface area contributed by atoms with Crippen molar-refractivity contribution in [2.75, 3.05) is 39.3 Å². The number of rotatable bonds is 5. The Morgan fingerprint density at radius 3 is 2.14 bits per heavy atom. The first-order valence-corrected chi connectivity index (χ1v) is 10.9. The summed E-state index contributed by atoms with van der Waals surface area (Å²) in [5, 5.41) is 0. The van der Waals surface area contributed by atoms with Crippen LogP contribution >= 0.6 is 0 Å². The maximum atomic E-state index is 13.4. The van der Waals surface area contributed by atoms with Crippen molar-refractivity contribution >= 4 is 21.8 Å². The maximum Gasteiger partial charge on any atom is 0.261 e. The summed E-state index contributed by atoms with van der Waals surface area (Å²) in [6.45, 7) is 2.56. The first-order chi connectivity index (χ1) is 13.9. The highest BCUT2D eigenvalue weighted by molar-refractivity contribution is 7.89. The molecule has 4 rings (SSSR count). The van der Waals surface area contributed by atoms with Gasteiger partial charge in [0.2, 0.25) is 10.0 Å². The second-order valence-electron chi connectivity index (χ2n) is 7.17. The van der Waals surface area contributed by atoms with Crippen LogP contribution in [0, 0.1) is 5.82 Å². The first-order valence-electron chi connectivity index (χ1n) is 9.42. The van der Waals surface area contributed by atoms with E-state index in [9.17, 15) is 22.4 Å². The topological polar surface area (TPSA) is 79.2 Å². The van der Waals surface area contributed by atoms with Gasteiger partial charge in [-0.15, -0.1) is 0 Å². The van der Waals surface area contributed by atoms with E-state index in [1.165, 1.54) is 27.4 Å². The number of carbonyl (C=O) groups excluding carboxylic acids is 2. The van der Waals surface area contributed by atoms with E-state index in [2.05, 4.69) is 0 Å². The van der Waals surface area contributed by atoms with Crippen LogP contribution in [0.2, 0.25) is 0 Å². The van der Waals surface area contributed by atoms with Crippen molar-refractivity contribution in [3.05, 3.63) is 65.5 Å². The van der Waals surface area contributed by atoms with Gasteiger partial charge in [-0.25, -0.2) is 12.8 Å². The fraction of sp³-hybridized carbons (Fsp3) is 0.300. The Kier molecular flexibility index (Phi) is 5.20. The molecule has 0 aliphatic carbocycles. The Morgan fingerprint density at radius 1 is 0.931 bits per heavy atom. The standard InChI is InChI=1S/C20H20FN3O4S/c21-15-4-3-5-16(14-15)29(27,28)23-11-8-22(9-12-23)10-13-24-19(25)17-6-1-2-7-18(17)20(24)26/h1-7,14H,8-13H2/p+1. The molecule has 2 aliphatic heterocycles. The summed E-state index contributed by atoms with van der Waals surface area (Å²) >= 11 is 0. The van der Waals surface area contributed by atoms with Crippen molar-refractivity contribution in [3.63, 3.8) is 0 Å². The lowest BCUT2D eigenvalue weighted by atomic mass is 10.1. The lowest BCUT2D eigenvalue weighted by Crippen LogP contribution is -3.15. The van der Waals surface area contributed by atoms with Gasteiger partial charge in [0, 0.05) is 0 Å². The van der Waals surface area contributed by atoms with Crippen LogP contribution in [-0.2, 0) is 10.0 Å². The van der Waals surface area contributed by atoms with Gasteiger partial charge < -0.3 is 4.90 Å². The number of carbonyl (C=O) groups is 2. The van der Waals surface area contributed by atoms with Gasteiger partial charge in [-0.05, 0) is 30.3 Å². The molecule has 1 N–H and O–H groups in total. The fourth-order valence-corrected chi connectivity index (χ4v) is 5.25. The zero-order valence-corrected chi connectivity index (χ0v) is 16.5. The third-order valence-corrected chi connectivity index (χ3v) is 7.33. The van der Waals surface area contributed by atoms with Crippen molar-refractivity contribution in [3.8, 4) is 0 Å². The number of hydrogen-bond acceptors (Lipinski definition) is 4. The molecule has 2 aliphatic rings. The van der Waals surface area contributed by atoms with E-state index in [0.29, 0.717) is 50.4 Å². The quantitative estimate of drug-likeness (QED) is 0.694. The molecular formula is C20H21FN3O4S+. The molecule has 0 aromatic heterocycles. The van der Waals surface area contributed by atoms with Crippen molar-refractivity contribution in [2.24, 2.45) is 0 Å². The number of sulfonamides is 1. The molecule has 0 bridgehead atoms. The molecule has 0 spiro atoms. The van der Waals surface area contributed by atoms with Crippen LogP contribution in [0.5, 0.6) is 0 Å². The number of nitrogens with zero attached hydrogens (tertiary/aromatic N) is 2. The van der Waals surface area contributed by atoms with Gasteiger partial charge in [-0.3, -0.25) is 14.5 Å². The normalized spacial score (nSPS) is 18.3. The van der Waals surface area contributed by atoms with E-state index < -0.39 is 15.8 Å². The van der Waals surface area contributed by atoms with E-state index in [-0.39, 0.29) is 16.7 Å². The molecule has 2 amide bonds. The molecule has 152 valence electrons. The molecule has 0 unspecified atom stereocenters. The van der Waals surface area contributed by atoms with Gasteiger partial charge >= 0.3 is 0 Å². The lowest BCUT2D eigenvalue weighted by molar-refractivity contribution is -0.902. The Morgan fingerprint density at radius 2 is 1.55 bits per heavy atom. The van der Waals surface area contributed by atoms with E-state index >= 15 is 0 Å². The minimum absolute atomic E-state index is 0.0491. The molecule has 29 heavy (non-hydrogen) atoms. The van der Waals surface area contributed by atoms with Gasteiger partial charge in [0.05, 0.1) is 55.3 Å². The number of quaternary nitrogens is 1. The summed E-state index contributed by atoms with van der Waals surface area (Å²) < 4.78 is 40.1. The Bertz CT molecular complexity index is 1030. The number of halogens is 1. The Balaban J connectivity index is 1.34. The number of amides is 2. The smallest absolute Gasteiger partial charge is 0.261 e. The molecule has 1 saturated heterocycles. The molecule has 0 saturated carbocycles. The van der Waals surface area contributed by atoms with Gasteiger partial charge in [0.25, 0.3) is 11.8 Å². The average Bonchev–Trinajstić information content (AvgIpc) is 2.97. The number of fused-ring (bicyclic) bond motifs is 1. The van der Waals surface area contributed by atoms with Crippen LogP contribution in [0.25, 0.3) is 0 Å². The second-order valence-corrected chi connectivity index (χ2v) is 9.11. The number of piperazine rings is 1. The summed E-state index contributed by atoms with van der Waals surface area (Å²) in [6.07, 6.45) is 0. The highest BCUT2D eigenvalue weighted by Gasteiger charge is 2.36. The summed E-state index contributed by atoms with van der Waals surface area (Å²) in [4.78, 5) is 27.2. The SMILES string of the molecule is O=C1c2ccccc2C(=O)N1CC[NH+]1CCN(S(=O)(=O)c2cccc(F)c2)CC1. The molecule has 0 radical (unpaired) electrons. The van der Waals surface area contributed by atoms with Crippen LogP contribution in [0.3, 0.4) is 0 Å². The average molecular weight is 418 g/mol. The lowest BCUT2D eigenvalue weighted by Gasteiger charge is -2.32. The van der Waals surface area contributed by atoms with Gasteiger partial charge in [0.15, 0.2) is 0 Å². The highest BCUT2D eigenvalue weighted by atomic mass is 32.2. The van der Waals surface area contributed by atoms with Crippen molar-refractivity contribution in [2.45, 2.75) is 4.90 Å². The predicted octanol–water partition coefficient (Wildman–Crippen LogP) is 0.0111. The fourth-order valence-electron chi connectivity index (χ4n) is 3.78. The molecule has 7 nitrogen and oxygen atoms in total. The Hall–Kier alpha value is -2.62.